The van der Waals surface area contributed by atoms with Gasteiger partial charge in [0.15, 0.2) is 0 Å². The van der Waals surface area contributed by atoms with Crippen molar-refractivity contribution < 1.29 is 220 Å². The summed E-state index contributed by atoms with van der Waals surface area (Å²) >= 11 is 0. The quantitative estimate of drug-likeness (QED) is 0.288. The van der Waals surface area contributed by atoms with Gasteiger partial charge in [-0.15, -0.1) is 0 Å². The maximum atomic E-state index is 10.3. The Morgan fingerprint density at radius 1 is 0.500 bits per heavy atom. The summed E-state index contributed by atoms with van der Waals surface area (Å²) in [5.74, 6) is 0. The van der Waals surface area contributed by atoms with Crippen LogP contribution in [0.1, 0.15) is 0 Å². The third-order valence-electron chi connectivity index (χ3n) is 1.12. The van der Waals surface area contributed by atoms with Gasteiger partial charge in [0.25, 0.3) is 0 Å². The van der Waals surface area contributed by atoms with Crippen molar-refractivity contribution in [3.05, 3.63) is 0 Å². The summed E-state index contributed by atoms with van der Waals surface area (Å²) in [6, 6.07) is 0. The molecule has 0 fully saturated rings. The molecule has 10 nitrogen and oxygen atoms in total. The van der Waals surface area contributed by atoms with Crippen molar-refractivity contribution >= 4 is 22.8 Å². The molecule has 0 unspecified atom stereocenters. The van der Waals surface area contributed by atoms with E-state index in [1.54, 1.807) is 0 Å². The van der Waals surface area contributed by atoms with Gasteiger partial charge in [-0.25, -0.2) is 0 Å². The van der Waals surface area contributed by atoms with E-state index in [0.29, 0.717) is 0 Å². The third-order valence-corrected chi connectivity index (χ3v) is 3.36. The molecule has 0 amide bonds. The van der Waals surface area contributed by atoms with Gasteiger partial charge in [-0.05, 0) is 0 Å². The Balaban J connectivity index is -0.0000000750. The number of rotatable bonds is 6. The Morgan fingerprint density at radius 2 is 0.636 bits per heavy atom. The molecule has 0 aromatic carbocycles. The van der Waals surface area contributed by atoms with Crippen LogP contribution in [0.2, 0.25) is 0 Å². The minimum Gasteiger partial charge on any atom is -0.810 e. The summed E-state index contributed by atoms with van der Waals surface area (Å²) in [6.07, 6.45) is -4.55. The van der Waals surface area contributed by atoms with Crippen LogP contribution >= 0.6 is 22.8 Å². The minimum atomic E-state index is -5.27. The van der Waals surface area contributed by atoms with Gasteiger partial charge >= 0.3 is 177 Å². The predicted molar refractivity (Wildman–Crippen MR) is 39.3 cm³/mol. The van der Waals surface area contributed by atoms with Gasteiger partial charge in [-0.1, -0.05) is 22.8 Å². The molecule has 0 aliphatic rings. The van der Waals surface area contributed by atoms with Gasteiger partial charge in [0.1, 0.15) is 0 Å². The normalized spacial score (nSPS) is 10.5. The smallest absolute Gasteiger partial charge is 0.810 e. The Hall–Kier alpha value is 6.41. The van der Waals surface area contributed by atoms with Crippen LogP contribution in [0, 0.1) is 0 Å². The third kappa shape index (κ3) is 37.2. The summed E-state index contributed by atoms with van der Waals surface area (Å²) < 4.78 is 30.8. The van der Waals surface area contributed by atoms with E-state index >= 15 is 0 Å². The van der Waals surface area contributed by atoms with Crippen LogP contribution in [-0.4, -0.2) is 23.8 Å². The van der Waals surface area contributed by atoms with Crippen molar-refractivity contribution in [3.63, 3.8) is 0 Å². The molecule has 0 aliphatic heterocycles. The zero-order chi connectivity index (χ0) is 13.2. The number of hydrogen-bond acceptors (Lipinski definition) is 10. The van der Waals surface area contributed by atoms with Crippen LogP contribution in [0.3, 0.4) is 0 Å². The van der Waals surface area contributed by atoms with E-state index in [4.69, 9.17) is 0 Å². The first-order chi connectivity index (χ1) is 6.79. The van der Waals surface area contributed by atoms with Crippen LogP contribution in [0.15, 0.2) is 0 Å². The molecule has 0 spiro atoms. The topological polar surface area (TPSA) is 193 Å². The molecular weight excluding hydrogens is 425 g/mol. The first-order valence-electron chi connectivity index (χ1n) is 3.54. The van der Waals surface area contributed by atoms with Crippen molar-refractivity contribution in [1.82, 2.24) is 4.90 Å². The second-order valence-corrected chi connectivity index (χ2v) is 7.44. The van der Waals surface area contributed by atoms with Crippen LogP contribution in [0.25, 0.3) is 0 Å². The molecule has 22 heavy (non-hydrogen) atoms. The van der Waals surface area contributed by atoms with Gasteiger partial charge in [0.2, 0.25) is 0 Å². The van der Waals surface area contributed by atoms with E-state index in [0.717, 1.165) is 0 Å². The van der Waals surface area contributed by atoms with Gasteiger partial charge in [0.05, 0.1) is 0 Å². The fourth-order valence-electron chi connectivity index (χ4n) is 0.869. The summed E-state index contributed by atoms with van der Waals surface area (Å²) in [6.45, 7) is 0. The van der Waals surface area contributed by atoms with Crippen molar-refractivity contribution in [1.29, 1.82) is 0 Å². The molecule has 0 N–H and O–H groups in total. The van der Waals surface area contributed by atoms with Gasteiger partial charge in [-0.3, -0.25) is 4.90 Å². The van der Waals surface area contributed by atoms with Gasteiger partial charge in [-0.2, -0.15) is 0 Å². The van der Waals surface area contributed by atoms with Crippen molar-refractivity contribution in [2.75, 3.05) is 18.9 Å². The van der Waals surface area contributed by atoms with Gasteiger partial charge < -0.3 is 43.1 Å². The molecular formula is C3H6NNa6O9P3. The van der Waals surface area contributed by atoms with Crippen molar-refractivity contribution in [2.24, 2.45) is 0 Å². The standard InChI is InChI=1S/C3H12NO9P3.6Na/c5-14(6,7)1-4(2-15(8,9)10)3-16(11,12)13;;;;;;/h1-3H2,(H2,5,6,7)(H2,8,9,10)(H2,11,12,13);;;;;;/q;6*+1/p-6. The fourth-order valence-corrected chi connectivity index (χ4v) is 3.41. The Kier molecular flexibility index (Phi) is 43.8. The Labute approximate surface area is 261 Å². The Bertz CT molecular complexity index is 324. The molecule has 19 heteroatoms. The molecule has 0 aromatic heterocycles. The van der Waals surface area contributed by atoms with E-state index in [1.807, 2.05) is 0 Å². The molecule has 0 heterocycles. The molecule has 0 rings (SSSR count). The first-order valence-corrected chi connectivity index (χ1v) is 8.72. The van der Waals surface area contributed by atoms with E-state index in [-0.39, 0.29) is 182 Å². The van der Waals surface area contributed by atoms with Crippen molar-refractivity contribution in [3.8, 4) is 0 Å². The molecule has 0 saturated heterocycles. The van der Waals surface area contributed by atoms with Gasteiger partial charge in [0, 0.05) is 18.9 Å². The zero-order valence-corrected chi connectivity index (χ0v) is 28.3. The molecule has 0 aromatic rings. The van der Waals surface area contributed by atoms with Crippen molar-refractivity contribution in [2.45, 2.75) is 0 Å². The average molecular weight is 431 g/mol. The number of hydrogen-bond donors (Lipinski definition) is 0. The predicted octanol–water partition coefficient (Wildman–Crippen LogP) is -23.1. The van der Waals surface area contributed by atoms with Crippen LogP contribution in [-0.2, 0) is 13.7 Å². The molecule has 0 radical (unpaired) electrons. The average Bonchev–Trinajstić information content (AvgIpc) is 1.70. The number of nitrogens with zero attached hydrogens (tertiary/aromatic N) is 1. The van der Waals surface area contributed by atoms with E-state index < -0.39 is 41.6 Å². The maximum Gasteiger partial charge on any atom is 1.00 e. The molecule has 98 valence electrons. The zero-order valence-electron chi connectivity index (χ0n) is 13.6. The first kappa shape index (κ1) is 46.6. The van der Waals surface area contributed by atoms with E-state index in [1.165, 1.54) is 0 Å². The second kappa shape index (κ2) is 20.7. The molecule has 0 saturated carbocycles. The largest absolute Gasteiger partial charge is 1.00 e. The summed E-state index contributed by atoms with van der Waals surface area (Å²) in [5.41, 5.74) is 0. The summed E-state index contributed by atoms with van der Waals surface area (Å²) in [4.78, 5) is 61.5. The molecule has 0 atom stereocenters. The molecule has 0 aliphatic carbocycles. The second-order valence-electron chi connectivity index (χ2n) is 2.93. The monoisotopic (exact) mass is 431 g/mol. The van der Waals surface area contributed by atoms with E-state index in [2.05, 4.69) is 0 Å². The maximum absolute atomic E-state index is 10.3. The van der Waals surface area contributed by atoms with Crippen LogP contribution < -0.4 is 207 Å². The van der Waals surface area contributed by atoms with E-state index in [9.17, 15) is 43.1 Å². The fraction of sp³-hybridized carbons (Fsp3) is 1.00. The summed E-state index contributed by atoms with van der Waals surface area (Å²) in [7, 11) is -15.8. The molecule has 0 bridgehead atoms. The SMILES string of the molecule is O=P([O-])([O-])CN(CP(=O)([O-])[O-])CP(=O)([O-])[O-].[Na+].[Na+].[Na+].[Na+].[Na+].[Na+]. The Morgan fingerprint density at radius 3 is 0.727 bits per heavy atom. The van der Waals surface area contributed by atoms with Crippen LogP contribution in [0.5, 0.6) is 0 Å². The minimum absolute atomic E-state index is 0. The van der Waals surface area contributed by atoms with Crippen LogP contribution in [0.4, 0.5) is 0 Å². The summed E-state index contributed by atoms with van der Waals surface area (Å²) in [5, 5.41) is 0.